The Morgan fingerprint density at radius 2 is 0.824 bits per heavy atom. The Labute approximate surface area is 212 Å². The molecule has 1 heterocycles. The molecule has 0 spiro atoms. The van der Waals surface area contributed by atoms with E-state index in [9.17, 15) is 0 Å². The first-order chi connectivity index (χ1) is 16.9. The van der Waals surface area contributed by atoms with Crippen molar-refractivity contribution >= 4 is 12.4 Å². The first kappa shape index (κ1) is 30.5. The number of aliphatic imine (C=N–C) groups is 2. The molecule has 0 fully saturated rings. The summed E-state index contributed by atoms with van der Waals surface area (Å²) in [5, 5.41) is 0. The second kappa shape index (κ2) is 24.6. The van der Waals surface area contributed by atoms with Crippen LogP contribution in [-0.4, -0.2) is 30.5 Å². The van der Waals surface area contributed by atoms with E-state index in [0.717, 1.165) is 24.5 Å². The largest absolute Gasteiger partial charge is 0.291 e. The van der Waals surface area contributed by atoms with Gasteiger partial charge in [-0.3, -0.25) is 9.98 Å². The summed E-state index contributed by atoms with van der Waals surface area (Å²) in [5.41, 5.74) is 1.88. The standard InChI is InChI=1S/C31H55N3/c1-3-5-7-9-11-13-15-17-19-21-26-32-28-30-24-23-25-31(34-30)29-33-27-22-20-18-16-14-12-10-8-6-4-2/h23-25,28-29H,3-22,26-27H2,1-2H3. The van der Waals surface area contributed by atoms with Gasteiger partial charge in [0.25, 0.3) is 0 Å². The molecular weight excluding hydrogens is 414 g/mol. The molecule has 1 aromatic heterocycles. The van der Waals surface area contributed by atoms with Gasteiger partial charge in [-0.25, -0.2) is 4.98 Å². The maximum atomic E-state index is 4.65. The van der Waals surface area contributed by atoms with E-state index < -0.39 is 0 Å². The molecule has 1 rings (SSSR count). The molecule has 0 saturated carbocycles. The van der Waals surface area contributed by atoms with Gasteiger partial charge in [0.2, 0.25) is 0 Å². The third kappa shape index (κ3) is 19.9. The molecular formula is C31H55N3. The Balaban J connectivity index is 2.02. The van der Waals surface area contributed by atoms with E-state index in [1.807, 2.05) is 24.6 Å². The number of unbranched alkanes of at least 4 members (excludes halogenated alkanes) is 18. The van der Waals surface area contributed by atoms with Crippen LogP contribution in [0.1, 0.15) is 154 Å². The Bertz CT molecular complexity index is 559. The molecule has 0 aliphatic rings. The summed E-state index contributed by atoms with van der Waals surface area (Å²) in [5.74, 6) is 0. The van der Waals surface area contributed by atoms with Crippen LogP contribution in [-0.2, 0) is 0 Å². The average Bonchev–Trinajstić information content (AvgIpc) is 2.85. The number of aromatic nitrogens is 1. The van der Waals surface area contributed by atoms with Crippen molar-refractivity contribution in [2.45, 2.75) is 142 Å². The van der Waals surface area contributed by atoms with Crippen molar-refractivity contribution in [2.24, 2.45) is 9.98 Å². The third-order valence-electron chi connectivity index (χ3n) is 6.52. The number of nitrogens with zero attached hydrogens (tertiary/aromatic N) is 3. The second-order valence-corrected chi connectivity index (χ2v) is 9.92. The topological polar surface area (TPSA) is 37.6 Å². The molecule has 0 saturated heterocycles. The molecule has 3 nitrogen and oxygen atoms in total. The second-order valence-electron chi connectivity index (χ2n) is 9.92. The lowest BCUT2D eigenvalue weighted by molar-refractivity contribution is 0.558. The quantitative estimate of drug-likeness (QED) is 0.110. The Morgan fingerprint density at radius 3 is 1.18 bits per heavy atom. The number of hydrogen-bond donors (Lipinski definition) is 0. The molecule has 0 N–H and O–H groups in total. The SMILES string of the molecule is CCCCCCCCCCCCN=Cc1cccc(C=NCCCCCCCCCCCC)n1. The normalized spacial score (nSPS) is 11.8. The van der Waals surface area contributed by atoms with E-state index in [0.29, 0.717) is 0 Å². The van der Waals surface area contributed by atoms with Gasteiger partial charge in [0.1, 0.15) is 0 Å². The van der Waals surface area contributed by atoms with E-state index in [1.54, 1.807) is 0 Å². The maximum Gasteiger partial charge on any atom is 0.0815 e. The van der Waals surface area contributed by atoms with Crippen LogP contribution in [0.2, 0.25) is 0 Å². The average molecular weight is 470 g/mol. The van der Waals surface area contributed by atoms with Gasteiger partial charge in [-0.05, 0) is 25.0 Å². The van der Waals surface area contributed by atoms with Crippen LogP contribution < -0.4 is 0 Å². The zero-order valence-electron chi connectivity index (χ0n) is 22.8. The van der Waals surface area contributed by atoms with Crippen molar-refractivity contribution < 1.29 is 0 Å². The molecule has 0 amide bonds. The number of pyridine rings is 1. The number of rotatable bonds is 24. The molecule has 0 bridgehead atoms. The fraction of sp³-hybridized carbons (Fsp3) is 0.774. The third-order valence-corrected chi connectivity index (χ3v) is 6.52. The summed E-state index contributed by atoms with van der Waals surface area (Å²) in [6.45, 7) is 6.39. The van der Waals surface area contributed by atoms with Crippen LogP contribution >= 0.6 is 0 Å². The number of hydrogen-bond acceptors (Lipinski definition) is 3. The summed E-state index contributed by atoms with van der Waals surface area (Å²) >= 11 is 0. The molecule has 1 aromatic rings. The smallest absolute Gasteiger partial charge is 0.0815 e. The van der Waals surface area contributed by atoms with Crippen LogP contribution in [0, 0.1) is 0 Å². The van der Waals surface area contributed by atoms with Crippen LogP contribution in [0.3, 0.4) is 0 Å². The first-order valence-electron chi connectivity index (χ1n) is 14.8. The molecule has 3 heteroatoms. The van der Waals surface area contributed by atoms with Gasteiger partial charge >= 0.3 is 0 Å². The van der Waals surface area contributed by atoms with E-state index in [4.69, 9.17) is 0 Å². The van der Waals surface area contributed by atoms with Crippen LogP contribution in [0.4, 0.5) is 0 Å². The molecule has 0 aliphatic carbocycles. The van der Waals surface area contributed by atoms with E-state index in [1.165, 1.54) is 128 Å². The highest BCUT2D eigenvalue weighted by Crippen LogP contribution is 2.11. The Kier molecular flexibility index (Phi) is 22.1. The highest BCUT2D eigenvalue weighted by molar-refractivity contribution is 5.81. The van der Waals surface area contributed by atoms with Crippen molar-refractivity contribution in [1.29, 1.82) is 0 Å². The van der Waals surface area contributed by atoms with Gasteiger partial charge in [-0.2, -0.15) is 0 Å². The summed E-state index contributed by atoms with van der Waals surface area (Å²) in [6, 6.07) is 6.11. The molecule has 0 unspecified atom stereocenters. The van der Waals surface area contributed by atoms with Gasteiger partial charge in [0.05, 0.1) is 11.4 Å². The molecule has 0 atom stereocenters. The van der Waals surface area contributed by atoms with Crippen molar-refractivity contribution in [2.75, 3.05) is 13.1 Å². The predicted octanol–water partition coefficient (Wildman–Crippen LogP) is 9.76. The van der Waals surface area contributed by atoms with Gasteiger partial charge in [-0.1, -0.05) is 135 Å². The highest BCUT2D eigenvalue weighted by Gasteiger charge is 1.95. The van der Waals surface area contributed by atoms with Gasteiger partial charge in [-0.15, -0.1) is 0 Å². The van der Waals surface area contributed by atoms with Crippen LogP contribution in [0.5, 0.6) is 0 Å². The molecule has 0 aromatic carbocycles. The highest BCUT2D eigenvalue weighted by atomic mass is 14.8. The van der Waals surface area contributed by atoms with Crippen LogP contribution in [0.25, 0.3) is 0 Å². The fourth-order valence-electron chi connectivity index (χ4n) is 4.31. The summed E-state index contributed by atoms with van der Waals surface area (Å²) in [4.78, 5) is 13.8. The zero-order chi connectivity index (χ0) is 24.4. The van der Waals surface area contributed by atoms with Gasteiger partial charge < -0.3 is 0 Å². The lowest BCUT2D eigenvalue weighted by Crippen LogP contribution is -1.95. The lowest BCUT2D eigenvalue weighted by Gasteiger charge is -2.01. The predicted molar refractivity (Wildman–Crippen MR) is 153 cm³/mol. The minimum Gasteiger partial charge on any atom is -0.291 e. The van der Waals surface area contributed by atoms with Crippen molar-refractivity contribution in [3.05, 3.63) is 29.6 Å². The Morgan fingerprint density at radius 1 is 0.500 bits per heavy atom. The summed E-state index contributed by atoms with van der Waals surface area (Å²) in [7, 11) is 0. The summed E-state index contributed by atoms with van der Waals surface area (Å²) < 4.78 is 0. The van der Waals surface area contributed by atoms with Crippen molar-refractivity contribution in [3.8, 4) is 0 Å². The van der Waals surface area contributed by atoms with Crippen LogP contribution in [0.15, 0.2) is 28.2 Å². The first-order valence-corrected chi connectivity index (χ1v) is 14.8. The zero-order valence-corrected chi connectivity index (χ0v) is 22.8. The molecule has 0 aliphatic heterocycles. The van der Waals surface area contributed by atoms with E-state index >= 15 is 0 Å². The van der Waals surface area contributed by atoms with Gasteiger partial charge in [0, 0.05) is 25.5 Å². The Hall–Kier alpha value is -1.51. The van der Waals surface area contributed by atoms with Crippen molar-refractivity contribution in [1.82, 2.24) is 4.98 Å². The fourth-order valence-corrected chi connectivity index (χ4v) is 4.31. The minimum atomic E-state index is 0.912. The molecule has 34 heavy (non-hydrogen) atoms. The lowest BCUT2D eigenvalue weighted by atomic mass is 10.1. The van der Waals surface area contributed by atoms with E-state index in [-0.39, 0.29) is 0 Å². The molecule has 0 radical (unpaired) electrons. The van der Waals surface area contributed by atoms with Gasteiger partial charge in [0.15, 0.2) is 0 Å². The summed E-state index contributed by atoms with van der Waals surface area (Å²) in [6.07, 6.45) is 31.1. The van der Waals surface area contributed by atoms with E-state index in [2.05, 4.69) is 34.9 Å². The maximum absolute atomic E-state index is 4.65. The minimum absolute atomic E-state index is 0.912. The monoisotopic (exact) mass is 469 g/mol. The van der Waals surface area contributed by atoms with Crippen molar-refractivity contribution in [3.63, 3.8) is 0 Å². The molecule has 194 valence electrons.